The number of methoxy groups -OCH3 is 1. The molecule has 0 aromatic heterocycles. The lowest BCUT2D eigenvalue weighted by Gasteiger charge is -2.25. The van der Waals surface area contributed by atoms with Gasteiger partial charge in [0.2, 0.25) is 0 Å². The van der Waals surface area contributed by atoms with Gasteiger partial charge in [0, 0.05) is 12.7 Å². The zero-order valence-corrected chi connectivity index (χ0v) is 20.2. The van der Waals surface area contributed by atoms with Crippen LogP contribution in [0.5, 0.6) is 0 Å². The summed E-state index contributed by atoms with van der Waals surface area (Å²) in [4.78, 5) is 0. The van der Waals surface area contributed by atoms with Gasteiger partial charge in [-0.1, -0.05) is 78.9 Å². The first kappa shape index (κ1) is 24.2. The second kappa shape index (κ2) is 11.9. The fourth-order valence-electron chi connectivity index (χ4n) is 4.89. The molecule has 0 aliphatic heterocycles. The van der Waals surface area contributed by atoms with E-state index < -0.39 is 0 Å². The quantitative estimate of drug-likeness (QED) is 0.294. The molecule has 1 fully saturated rings. The largest absolute Gasteiger partial charge is 0.380 e. The molecule has 0 spiro atoms. The van der Waals surface area contributed by atoms with Gasteiger partial charge >= 0.3 is 0 Å². The summed E-state index contributed by atoms with van der Waals surface area (Å²) in [5.74, 6) is 1.34. The molecular weight excluding hydrogens is 419 g/mol. The van der Waals surface area contributed by atoms with Crippen LogP contribution in [0.2, 0.25) is 0 Å². The third kappa shape index (κ3) is 6.33. The van der Waals surface area contributed by atoms with Crippen molar-refractivity contribution in [3.05, 3.63) is 108 Å². The van der Waals surface area contributed by atoms with Gasteiger partial charge in [-0.3, -0.25) is 0 Å². The summed E-state index contributed by atoms with van der Waals surface area (Å²) in [6.45, 7) is 4.54. The summed E-state index contributed by atoms with van der Waals surface area (Å²) < 4.78 is 20.1. The van der Waals surface area contributed by atoms with Gasteiger partial charge in [0.25, 0.3) is 0 Å². The van der Waals surface area contributed by atoms with E-state index in [1.54, 1.807) is 13.2 Å². The van der Waals surface area contributed by atoms with Gasteiger partial charge in [0.15, 0.2) is 0 Å². The van der Waals surface area contributed by atoms with Crippen molar-refractivity contribution >= 4 is 0 Å². The zero-order valence-electron chi connectivity index (χ0n) is 20.2. The van der Waals surface area contributed by atoms with Crippen LogP contribution in [0.15, 0.2) is 91.5 Å². The number of halogens is 1. The summed E-state index contributed by atoms with van der Waals surface area (Å²) in [6, 6.07) is 22.1. The Balaban J connectivity index is 1.34. The van der Waals surface area contributed by atoms with Crippen LogP contribution in [0.4, 0.5) is 4.39 Å². The Kier molecular flexibility index (Phi) is 8.49. The normalized spacial score (nSPS) is 18.3. The number of allylic oxidation sites excluding steroid dienone is 3. The lowest BCUT2D eigenvalue weighted by Crippen LogP contribution is -2.12. The average molecular weight is 455 g/mol. The Bertz CT molecular complexity index is 1090. The van der Waals surface area contributed by atoms with Gasteiger partial charge in [-0.25, -0.2) is 4.39 Å². The third-order valence-electron chi connectivity index (χ3n) is 7.04. The first-order valence-corrected chi connectivity index (χ1v) is 12.4. The molecule has 0 atom stereocenters. The zero-order chi connectivity index (χ0) is 23.8. The van der Waals surface area contributed by atoms with Gasteiger partial charge in [-0.05, 0) is 84.2 Å². The molecule has 0 amide bonds. The first-order chi connectivity index (χ1) is 16.7. The van der Waals surface area contributed by atoms with E-state index in [0.29, 0.717) is 18.1 Å². The van der Waals surface area contributed by atoms with Crippen LogP contribution >= 0.6 is 0 Å². The van der Waals surface area contributed by atoms with Crippen molar-refractivity contribution < 1.29 is 9.13 Å². The second-order valence-electron chi connectivity index (χ2n) is 9.45. The van der Waals surface area contributed by atoms with E-state index in [1.165, 1.54) is 25.7 Å². The van der Waals surface area contributed by atoms with Crippen LogP contribution in [0.3, 0.4) is 0 Å². The average Bonchev–Trinajstić information content (AvgIpc) is 2.88. The SMILES string of the molecule is C=CC1CCC(C/C=C/Cc2ccc(-c3ccc(-c4ccc(COC)cc4)cc3)c(F)c2)CC1. The summed E-state index contributed by atoms with van der Waals surface area (Å²) in [5.41, 5.74) is 5.97. The van der Waals surface area contributed by atoms with Crippen molar-refractivity contribution in [3.8, 4) is 22.3 Å². The molecule has 1 nitrogen and oxygen atoms in total. The summed E-state index contributed by atoms with van der Waals surface area (Å²) >= 11 is 0. The number of ether oxygens (including phenoxy) is 1. The summed E-state index contributed by atoms with van der Waals surface area (Å²) in [6.07, 6.45) is 13.6. The maximum absolute atomic E-state index is 14.9. The molecule has 176 valence electrons. The molecule has 0 saturated heterocycles. The van der Waals surface area contributed by atoms with Crippen molar-refractivity contribution in [2.24, 2.45) is 11.8 Å². The van der Waals surface area contributed by atoms with Crippen LogP contribution in [-0.4, -0.2) is 7.11 Å². The highest BCUT2D eigenvalue weighted by molar-refractivity contribution is 5.71. The fourth-order valence-corrected chi connectivity index (χ4v) is 4.89. The van der Waals surface area contributed by atoms with E-state index in [0.717, 1.165) is 46.6 Å². The van der Waals surface area contributed by atoms with Crippen molar-refractivity contribution in [1.29, 1.82) is 0 Å². The smallest absolute Gasteiger partial charge is 0.131 e. The highest BCUT2D eigenvalue weighted by atomic mass is 19.1. The molecule has 4 rings (SSSR count). The molecule has 1 aliphatic carbocycles. The minimum absolute atomic E-state index is 0.162. The third-order valence-corrected chi connectivity index (χ3v) is 7.04. The Hall–Kier alpha value is -2.97. The number of hydrogen-bond acceptors (Lipinski definition) is 1. The molecule has 1 saturated carbocycles. The molecule has 0 heterocycles. The van der Waals surface area contributed by atoms with Gasteiger partial charge < -0.3 is 4.74 Å². The molecule has 3 aromatic carbocycles. The molecular formula is C32H35FO. The van der Waals surface area contributed by atoms with Crippen LogP contribution < -0.4 is 0 Å². The maximum Gasteiger partial charge on any atom is 0.131 e. The van der Waals surface area contributed by atoms with Crippen LogP contribution in [0, 0.1) is 17.7 Å². The lowest BCUT2D eigenvalue weighted by atomic mass is 9.80. The van der Waals surface area contributed by atoms with Crippen LogP contribution in [-0.2, 0) is 17.8 Å². The monoisotopic (exact) mass is 454 g/mol. The number of hydrogen-bond donors (Lipinski definition) is 0. The fraction of sp³-hybridized carbons (Fsp3) is 0.312. The first-order valence-electron chi connectivity index (χ1n) is 12.4. The van der Waals surface area contributed by atoms with Crippen molar-refractivity contribution in [2.45, 2.75) is 45.1 Å². The molecule has 0 unspecified atom stereocenters. The minimum Gasteiger partial charge on any atom is -0.380 e. The highest BCUT2D eigenvalue weighted by Gasteiger charge is 2.17. The van der Waals surface area contributed by atoms with Crippen LogP contribution in [0.25, 0.3) is 22.3 Å². The predicted molar refractivity (Wildman–Crippen MR) is 141 cm³/mol. The Labute approximate surface area is 204 Å². The number of benzene rings is 3. The number of rotatable bonds is 9. The second-order valence-corrected chi connectivity index (χ2v) is 9.45. The van der Waals surface area contributed by atoms with E-state index in [9.17, 15) is 4.39 Å². The Morgan fingerprint density at radius 3 is 2.06 bits per heavy atom. The van der Waals surface area contributed by atoms with Gasteiger partial charge in [-0.15, -0.1) is 6.58 Å². The van der Waals surface area contributed by atoms with E-state index >= 15 is 0 Å². The standard InChI is InChI=1S/C32H35FO/c1-3-24-8-10-25(11-9-24)6-4-5-7-26-14-21-31(32(33)22-26)30-19-17-29(18-20-30)28-15-12-27(13-16-28)23-34-2/h3-5,12-22,24-25H,1,6-11,23H2,2H3/b5-4+. The molecule has 34 heavy (non-hydrogen) atoms. The van der Waals surface area contributed by atoms with Gasteiger partial charge in [0.05, 0.1) is 6.61 Å². The van der Waals surface area contributed by atoms with Gasteiger partial charge in [0.1, 0.15) is 5.82 Å². The van der Waals surface area contributed by atoms with Gasteiger partial charge in [-0.2, -0.15) is 0 Å². The Morgan fingerprint density at radius 1 is 0.824 bits per heavy atom. The predicted octanol–water partition coefficient (Wildman–Crippen LogP) is 8.79. The van der Waals surface area contributed by atoms with Crippen molar-refractivity contribution in [1.82, 2.24) is 0 Å². The molecule has 2 heteroatoms. The van der Waals surface area contributed by atoms with Crippen molar-refractivity contribution in [3.63, 3.8) is 0 Å². The highest BCUT2D eigenvalue weighted by Crippen LogP contribution is 2.31. The molecule has 0 bridgehead atoms. The van der Waals surface area contributed by atoms with E-state index in [4.69, 9.17) is 4.74 Å². The Morgan fingerprint density at radius 2 is 1.44 bits per heavy atom. The topological polar surface area (TPSA) is 9.23 Å². The minimum atomic E-state index is -0.162. The molecule has 3 aromatic rings. The lowest BCUT2D eigenvalue weighted by molar-refractivity contribution is 0.185. The van der Waals surface area contributed by atoms with E-state index in [1.807, 2.05) is 24.3 Å². The maximum atomic E-state index is 14.9. The summed E-state index contributed by atoms with van der Waals surface area (Å²) in [7, 11) is 1.70. The van der Waals surface area contributed by atoms with Crippen molar-refractivity contribution in [2.75, 3.05) is 7.11 Å². The van der Waals surface area contributed by atoms with E-state index in [-0.39, 0.29) is 5.82 Å². The van der Waals surface area contributed by atoms with Crippen LogP contribution in [0.1, 0.15) is 43.2 Å². The molecule has 1 aliphatic rings. The summed E-state index contributed by atoms with van der Waals surface area (Å²) in [5, 5.41) is 0. The molecule has 0 radical (unpaired) electrons. The molecule has 0 N–H and O–H groups in total. The van der Waals surface area contributed by atoms with E-state index in [2.05, 4.69) is 61.2 Å².